The summed E-state index contributed by atoms with van der Waals surface area (Å²) < 4.78 is 5.66. The summed E-state index contributed by atoms with van der Waals surface area (Å²) in [6, 6.07) is 2.09. The van der Waals surface area contributed by atoms with Gasteiger partial charge in [0, 0.05) is 23.6 Å². The van der Waals surface area contributed by atoms with Gasteiger partial charge in [-0.05, 0) is 75.3 Å². The molecule has 1 atom stereocenters. The lowest BCUT2D eigenvalue weighted by Crippen LogP contribution is -2.49. The van der Waals surface area contributed by atoms with Crippen molar-refractivity contribution >= 4 is 0 Å². The third-order valence-corrected chi connectivity index (χ3v) is 7.26. The fourth-order valence-corrected chi connectivity index (χ4v) is 6.50. The number of H-pyrrole nitrogens is 1. The normalized spacial score (nSPS) is 39.4. The summed E-state index contributed by atoms with van der Waals surface area (Å²) in [6.45, 7) is 2.10. The van der Waals surface area contributed by atoms with Crippen LogP contribution in [-0.4, -0.2) is 33.4 Å². The Morgan fingerprint density at radius 3 is 2.52 bits per heavy atom. The molecule has 4 bridgehead atoms. The van der Waals surface area contributed by atoms with Crippen LogP contribution in [0, 0.1) is 17.8 Å². The van der Waals surface area contributed by atoms with Gasteiger partial charge in [-0.3, -0.25) is 5.10 Å². The second-order valence-electron chi connectivity index (χ2n) is 9.02. The molecule has 5 aliphatic rings. The standard InChI is InChI=1S/C19H25N5O/c1-2-20-10-14(1)15-6-16(23-22-15)17-21-18(24-25-17)19-7-11-3-12(8-19)5-13(4-11)9-19/h6,11-14,20H,1-5,7-10H2,(H,22,23). The van der Waals surface area contributed by atoms with Gasteiger partial charge in [-0.1, -0.05) is 5.16 Å². The molecule has 25 heavy (non-hydrogen) atoms. The van der Waals surface area contributed by atoms with Gasteiger partial charge in [0.2, 0.25) is 0 Å². The molecule has 4 aliphatic carbocycles. The smallest absolute Gasteiger partial charge is 0.278 e. The van der Waals surface area contributed by atoms with Crippen molar-refractivity contribution in [1.29, 1.82) is 0 Å². The summed E-state index contributed by atoms with van der Waals surface area (Å²) in [5, 5.41) is 15.5. The van der Waals surface area contributed by atoms with Crippen molar-refractivity contribution in [2.75, 3.05) is 13.1 Å². The van der Waals surface area contributed by atoms with Gasteiger partial charge in [-0.25, -0.2) is 0 Å². The maximum Gasteiger partial charge on any atom is 0.278 e. The molecule has 1 saturated heterocycles. The number of aromatic amines is 1. The summed E-state index contributed by atoms with van der Waals surface area (Å²) in [5.41, 5.74) is 2.16. The van der Waals surface area contributed by atoms with Crippen molar-refractivity contribution in [2.24, 2.45) is 17.8 Å². The largest absolute Gasteiger partial charge is 0.332 e. The van der Waals surface area contributed by atoms with Crippen LogP contribution in [0.5, 0.6) is 0 Å². The Balaban J connectivity index is 1.29. The third-order valence-electron chi connectivity index (χ3n) is 7.26. The Labute approximate surface area is 147 Å². The fourth-order valence-electron chi connectivity index (χ4n) is 6.50. The molecule has 4 saturated carbocycles. The monoisotopic (exact) mass is 339 g/mol. The molecule has 6 heteroatoms. The first-order chi connectivity index (χ1) is 12.3. The van der Waals surface area contributed by atoms with Crippen LogP contribution in [0.2, 0.25) is 0 Å². The molecule has 0 amide bonds. The van der Waals surface area contributed by atoms with E-state index in [1.54, 1.807) is 0 Å². The van der Waals surface area contributed by atoms with E-state index in [2.05, 4.69) is 26.7 Å². The van der Waals surface area contributed by atoms with Crippen LogP contribution in [-0.2, 0) is 5.41 Å². The van der Waals surface area contributed by atoms with Gasteiger partial charge in [0.25, 0.3) is 5.89 Å². The molecule has 3 heterocycles. The third kappa shape index (κ3) is 2.23. The number of aromatic nitrogens is 4. The fraction of sp³-hybridized carbons (Fsp3) is 0.737. The van der Waals surface area contributed by atoms with Crippen LogP contribution >= 0.6 is 0 Å². The molecule has 0 aromatic carbocycles. The lowest BCUT2D eigenvalue weighted by Gasteiger charge is -2.55. The van der Waals surface area contributed by atoms with Crippen LogP contribution in [0.4, 0.5) is 0 Å². The molecule has 1 aliphatic heterocycles. The van der Waals surface area contributed by atoms with Gasteiger partial charge in [0.1, 0.15) is 0 Å². The van der Waals surface area contributed by atoms with Crippen molar-refractivity contribution < 1.29 is 4.52 Å². The highest BCUT2D eigenvalue weighted by atomic mass is 16.5. The molecule has 0 radical (unpaired) electrons. The molecule has 2 aromatic heterocycles. The number of hydrogen-bond acceptors (Lipinski definition) is 5. The summed E-state index contributed by atoms with van der Waals surface area (Å²) in [5.74, 6) is 4.72. The van der Waals surface area contributed by atoms with Crippen molar-refractivity contribution in [3.63, 3.8) is 0 Å². The summed E-state index contributed by atoms with van der Waals surface area (Å²) in [7, 11) is 0. The Morgan fingerprint density at radius 2 is 1.84 bits per heavy atom. The molecule has 6 nitrogen and oxygen atoms in total. The van der Waals surface area contributed by atoms with E-state index in [1.165, 1.54) is 44.2 Å². The van der Waals surface area contributed by atoms with Crippen LogP contribution in [0.15, 0.2) is 10.6 Å². The van der Waals surface area contributed by atoms with Crippen molar-refractivity contribution in [3.8, 4) is 11.6 Å². The summed E-state index contributed by atoms with van der Waals surface area (Å²) in [4.78, 5) is 4.83. The average molecular weight is 339 g/mol. The van der Waals surface area contributed by atoms with E-state index in [4.69, 9.17) is 9.51 Å². The summed E-state index contributed by atoms with van der Waals surface area (Å²) in [6.07, 6.45) is 9.24. The lowest BCUT2D eigenvalue weighted by molar-refractivity contribution is -0.0103. The highest BCUT2D eigenvalue weighted by molar-refractivity contribution is 5.47. The molecule has 2 N–H and O–H groups in total. The van der Waals surface area contributed by atoms with E-state index in [-0.39, 0.29) is 5.41 Å². The summed E-state index contributed by atoms with van der Waals surface area (Å²) >= 11 is 0. The van der Waals surface area contributed by atoms with Gasteiger partial charge in [0.05, 0.1) is 0 Å². The Bertz CT molecular complexity index is 752. The maximum absolute atomic E-state index is 5.66. The molecule has 1 unspecified atom stereocenters. The Kier molecular flexibility index (Phi) is 2.99. The highest BCUT2D eigenvalue weighted by Crippen LogP contribution is 2.60. The van der Waals surface area contributed by atoms with Crippen molar-refractivity contribution in [3.05, 3.63) is 17.6 Å². The van der Waals surface area contributed by atoms with Crippen LogP contribution in [0.3, 0.4) is 0 Å². The number of hydrogen-bond donors (Lipinski definition) is 2. The minimum Gasteiger partial charge on any atom is -0.332 e. The van der Waals surface area contributed by atoms with Crippen molar-refractivity contribution in [1.82, 2.24) is 25.7 Å². The Morgan fingerprint density at radius 1 is 1.08 bits per heavy atom. The molecular formula is C19H25N5O. The zero-order valence-electron chi connectivity index (χ0n) is 14.5. The first-order valence-electron chi connectivity index (χ1n) is 9.88. The molecular weight excluding hydrogens is 314 g/mol. The molecule has 132 valence electrons. The molecule has 0 spiro atoms. The maximum atomic E-state index is 5.66. The predicted octanol–water partition coefficient (Wildman–Crippen LogP) is 3.00. The van der Waals surface area contributed by atoms with E-state index < -0.39 is 0 Å². The topological polar surface area (TPSA) is 79.6 Å². The number of nitrogens with one attached hydrogen (secondary N) is 2. The zero-order valence-corrected chi connectivity index (χ0v) is 14.5. The van der Waals surface area contributed by atoms with Gasteiger partial charge in [0.15, 0.2) is 11.5 Å². The Hall–Kier alpha value is -1.69. The van der Waals surface area contributed by atoms with E-state index in [1.807, 2.05) is 0 Å². The quantitative estimate of drug-likeness (QED) is 0.898. The van der Waals surface area contributed by atoms with E-state index in [9.17, 15) is 0 Å². The minimum absolute atomic E-state index is 0.186. The van der Waals surface area contributed by atoms with E-state index >= 15 is 0 Å². The predicted molar refractivity (Wildman–Crippen MR) is 92.0 cm³/mol. The van der Waals surface area contributed by atoms with Crippen LogP contribution in [0.1, 0.15) is 62.4 Å². The van der Waals surface area contributed by atoms with E-state index in [0.717, 1.165) is 48.8 Å². The SMILES string of the molecule is c1c(-c2nc(C34CC5CC(CC(C5)C3)C4)no2)n[nH]c1C1CCNC1. The highest BCUT2D eigenvalue weighted by Gasteiger charge is 2.53. The van der Waals surface area contributed by atoms with Crippen LogP contribution in [0.25, 0.3) is 11.6 Å². The average Bonchev–Trinajstić information content (AvgIpc) is 3.34. The second kappa shape index (κ2) is 5.16. The van der Waals surface area contributed by atoms with E-state index in [0.29, 0.717) is 11.8 Å². The lowest BCUT2D eigenvalue weighted by atomic mass is 9.49. The van der Waals surface area contributed by atoms with Gasteiger partial charge >= 0.3 is 0 Å². The zero-order chi connectivity index (χ0) is 16.4. The van der Waals surface area contributed by atoms with Gasteiger partial charge < -0.3 is 9.84 Å². The van der Waals surface area contributed by atoms with Crippen molar-refractivity contribution in [2.45, 2.75) is 56.3 Å². The first-order valence-corrected chi connectivity index (χ1v) is 9.88. The first kappa shape index (κ1) is 14.5. The molecule has 5 fully saturated rings. The second-order valence-corrected chi connectivity index (χ2v) is 9.02. The van der Waals surface area contributed by atoms with Gasteiger partial charge in [-0.15, -0.1) is 0 Å². The van der Waals surface area contributed by atoms with Gasteiger partial charge in [-0.2, -0.15) is 10.1 Å². The molecule has 7 rings (SSSR count). The minimum atomic E-state index is 0.186. The number of rotatable bonds is 3. The van der Waals surface area contributed by atoms with Crippen LogP contribution < -0.4 is 5.32 Å². The number of nitrogens with zero attached hydrogens (tertiary/aromatic N) is 3. The molecule has 2 aromatic rings.